The topological polar surface area (TPSA) is 152 Å². The first-order chi connectivity index (χ1) is 19.8. The normalized spacial score (nSPS) is 12.5. The van der Waals surface area contributed by atoms with Crippen LogP contribution in [0.1, 0.15) is 42.9 Å². The summed E-state index contributed by atoms with van der Waals surface area (Å²) in [6.45, 7) is 6.27. The van der Waals surface area contributed by atoms with E-state index in [1.54, 1.807) is 62.6 Å². The highest BCUT2D eigenvalue weighted by molar-refractivity contribution is 7.89. The van der Waals surface area contributed by atoms with Crippen molar-refractivity contribution in [2.45, 2.75) is 50.8 Å². The summed E-state index contributed by atoms with van der Waals surface area (Å²) in [6.07, 6.45) is 2.49. The first kappa shape index (κ1) is 30.8. The van der Waals surface area contributed by atoms with E-state index in [1.165, 1.54) is 18.3 Å². The molecule has 1 unspecified atom stereocenters. The maximum absolute atomic E-state index is 13.3. The number of pyridine rings is 2. The summed E-state index contributed by atoms with van der Waals surface area (Å²) in [5.74, 6) is -1.27. The molecule has 0 spiro atoms. The minimum absolute atomic E-state index is 0.000622. The first-order valence-corrected chi connectivity index (χ1v) is 15.2. The van der Waals surface area contributed by atoms with Crippen LogP contribution >= 0.6 is 11.3 Å². The Morgan fingerprint density at radius 3 is 2.38 bits per heavy atom. The first-order valence-electron chi connectivity index (χ1n) is 12.9. The van der Waals surface area contributed by atoms with Crippen LogP contribution in [-0.2, 0) is 26.0 Å². The summed E-state index contributed by atoms with van der Waals surface area (Å²) in [5, 5.41) is 10.2. The number of benzene rings is 1. The van der Waals surface area contributed by atoms with Crippen molar-refractivity contribution in [3.63, 3.8) is 0 Å². The zero-order chi connectivity index (χ0) is 30.5. The van der Waals surface area contributed by atoms with Gasteiger partial charge in [0.25, 0.3) is 10.0 Å². The Kier molecular flexibility index (Phi) is 9.34. The molecule has 42 heavy (non-hydrogen) atoms. The number of carbonyl (C=O) groups excluding carboxylic acids is 1. The van der Waals surface area contributed by atoms with Crippen LogP contribution in [-0.4, -0.2) is 52.7 Å². The zero-order valence-corrected chi connectivity index (χ0v) is 25.1. The molecule has 0 radical (unpaired) electrons. The molecule has 4 aromatic rings. The molecule has 11 nitrogen and oxygen atoms in total. The zero-order valence-electron chi connectivity index (χ0n) is 23.5. The number of rotatable bonds is 10. The molecule has 0 fully saturated rings. The van der Waals surface area contributed by atoms with Gasteiger partial charge in [-0.1, -0.05) is 36.4 Å². The van der Waals surface area contributed by atoms with Crippen LogP contribution in [0.3, 0.4) is 0 Å². The van der Waals surface area contributed by atoms with E-state index in [0.717, 1.165) is 25.9 Å². The van der Waals surface area contributed by atoms with Crippen molar-refractivity contribution in [3.05, 3.63) is 89.2 Å². The molecule has 0 saturated heterocycles. The van der Waals surface area contributed by atoms with Crippen LogP contribution in [0.2, 0.25) is 0 Å². The highest BCUT2D eigenvalue weighted by Crippen LogP contribution is 2.27. The summed E-state index contributed by atoms with van der Waals surface area (Å²) in [5.41, 5.74) is 1.13. The molecule has 3 aromatic heterocycles. The van der Waals surface area contributed by atoms with Gasteiger partial charge in [0.1, 0.15) is 23.0 Å². The summed E-state index contributed by atoms with van der Waals surface area (Å²) >= 11 is 1.57. The molecule has 3 heterocycles. The van der Waals surface area contributed by atoms with Crippen LogP contribution < -0.4 is 9.62 Å². The van der Waals surface area contributed by atoms with Gasteiger partial charge in [0.15, 0.2) is 5.03 Å². The predicted molar refractivity (Wildman–Crippen MR) is 159 cm³/mol. The number of sulfonamides is 1. The van der Waals surface area contributed by atoms with E-state index >= 15 is 0 Å². The fourth-order valence-corrected chi connectivity index (χ4v) is 5.87. The number of ether oxygens (including phenoxy) is 1. The minimum atomic E-state index is -4.08. The van der Waals surface area contributed by atoms with Gasteiger partial charge in [-0.3, -0.25) is 9.69 Å². The Morgan fingerprint density at radius 1 is 1.05 bits per heavy atom. The lowest BCUT2D eigenvalue weighted by Gasteiger charge is -2.26. The van der Waals surface area contributed by atoms with Crippen molar-refractivity contribution >= 4 is 39.2 Å². The summed E-state index contributed by atoms with van der Waals surface area (Å²) in [4.78, 5) is 39.4. The second-order valence-electron chi connectivity index (χ2n) is 10.4. The van der Waals surface area contributed by atoms with E-state index in [0.29, 0.717) is 0 Å². The number of thiazole rings is 1. The molecule has 0 aliphatic heterocycles. The quantitative estimate of drug-likeness (QED) is 0.253. The highest BCUT2D eigenvalue weighted by Gasteiger charge is 2.28. The third kappa shape index (κ3) is 8.18. The Morgan fingerprint density at radius 2 is 1.79 bits per heavy atom. The molecule has 1 aromatic carbocycles. The average molecular weight is 610 g/mol. The van der Waals surface area contributed by atoms with E-state index in [2.05, 4.69) is 19.7 Å². The number of carbonyl (C=O) groups is 2. The molecule has 0 aliphatic carbocycles. The van der Waals surface area contributed by atoms with Crippen LogP contribution in [0.15, 0.2) is 78.1 Å². The Bertz CT molecular complexity index is 1650. The van der Waals surface area contributed by atoms with Crippen molar-refractivity contribution in [1.82, 2.24) is 19.7 Å². The number of hydrogen-bond donors (Lipinski definition) is 2. The average Bonchev–Trinajstić information content (AvgIpc) is 3.37. The lowest BCUT2D eigenvalue weighted by molar-refractivity contribution is -0.135. The van der Waals surface area contributed by atoms with Gasteiger partial charge in [-0.15, -0.1) is 11.3 Å². The molecule has 0 aliphatic rings. The van der Waals surface area contributed by atoms with Crippen molar-refractivity contribution in [2.75, 3.05) is 11.4 Å². The highest BCUT2D eigenvalue weighted by atomic mass is 32.2. The fourth-order valence-electron chi connectivity index (χ4n) is 3.94. The summed E-state index contributed by atoms with van der Waals surface area (Å²) in [7, 11) is -4.08. The number of nitrogens with one attached hydrogen (secondary N) is 1. The number of hydrogen-bond acceptors (Lipinski definition) is 9. The summed E-state index contributed by atoms with van der Waals surface area (Å²) < 4.78 is 34.7. The van der Waals surface area contributed by atoms with Crippen LogP contribution in [0, 0.1) is 6.92 Å². The van der Waals surface area contributed by atoms with E-state index in [-0.39, 0.29) is 23.0 Å². The standard InChI is InChI=1S/C29H31N5O6S2/c1-19-17-31-27(41-19)21-13-11-20(12-14-21)16-23(33-42(38,39)25-10-5-6-15-30-25)22-8-7-9-24(32-22)34(18-26(35)36)28(37)40-29(2,3)4/h5-15,17,23,33H,16,18H2,1-4H3,(H,35,36). The maximum Gasteiger partial charge on any atom is 0.416 e. The predicted octanol–water partition coefficient (Wildman–Crippen LogP) is 5.00. The van der Waals surface area contributed by atoms with Gasteiger partial charge in [-0.2, -0.15) is 0 Å². The van der Waals surface area contributed by atoms with Gasteiger partial charge < -0.3 is 9.84 Å². The van der Waals surface area contributed by atoms with Crippen LogP contribution in [0.25, 0.3) is 10.6 Å². The second-order valence-corrected chi connectivity index (χ2v) is 13.3. The van der Waals surface area contributed by atoms with Gasteiger partial charge in [0.2, 0.25) is 0 Å². The van der Waals surface area contributed by atoms with Crippen molar-refractivity contribution < 1.29 is 27.9 Å². The number of aliphatic carboxylic acids is 1. The van der Waals surface area contributed by atoms with E-state index < -0.39 is 40.3 Å². The maximum atomic E-state index is 13.3. The minimum Gasteiger partial charge on any atom is -0.480 e. The van der Waals surface area contributed by atoms with Crippen LogP contribution in [0.4, 0.5) is 10.6 Å². The number of carboxylic acid groups (broad SMARTS) is 1. The van der Waals surface area contributed by atoms with E-state index in [9.17, 15) is 23.1 Å². The Hall–Kier alpha value is -4.20. The smallest absolute Gasteiger partial charge is 0.416 e. The molecular formula is C29H31N5O6S2. The van der Waals surface area contributed by atoms with E-state index in [1.807, 2.05) is 31.2 Å². The van der Waals surface area contributed by atoms with Gasteiger partial charge in [-0.25, -0.2) is 32.9 Å². The third-order valence-corrected chi connectivity index (χ3v) is 8.12. The van der Waals surface area contributed by atoms with Gasteiger partial charge in [0, 0.05) is 22.8 Å². The molecule has 2 N–H and O–H groups in total. The largest absolute Gasteiger partial charge is 0.480 e. The number of anilines is 1. The Labute approximate surface area is 248 Å². The van der Waals surface area contributed by atoms with E-state index in [4.69, 9.17) is 4.74 Å². The molecule has 1 atom stereocenters. The monoisotopic (exact) mass is 609 g/mol. The lowest BCUT2D eigenvalue weighted by Crippen LogP contribution is -2.40. The summed E-state index contributed by atoms with van der Waals surface area (Å²) in [6, 6.07) is 15.9. The molecule has 220 valence electrons. The van der Waals surface area contributed by atoms with Crippen molar-refractivity contribution in [2.24, 2.45) is 0 Å². The molecule has 0 bridgehead atoms. The van der Waals surface area contributed by atoms with Crippen molar-refractivity contribution in [1.29, 1.82) is 0 Å². The molecule has 13 heteroatoms. The van der Waals surface area contributed by atoms with Gasteiger partial charge in [-0.05, 0) is 63.9 Å². The van der Waals surface area contributed by atoms with Crippen molar-refractivity contribution in [3.8, 4) is 10.6 Å². The van der Waals surface area contributed by atoms with Gasteiger partial charge in [0.05, 0.1) is 11.7 Å². The second kappa shape index (κ2) is 12.8. The lowest BCUT2D eigenvalue weighted by atomic mass is 10.0. The SMILES string of the molecule is Cc1cnc(-c2ccc(CC(NS(=O)(=O)c3ccccn3)c3cccc(N(CC(=O)O)C(=O)OC(C)(C)C)n3)cc2)s1. The van der Waals surface area contributed by atoms with Gasteiger partial charge >= 0.3 is 12.1 Å². The number of aryl methyl sites for hydroxylation is 1. The number of nitrogens with zero attached hydrogens (tertiary/aromatic N) is 4. The molecule has 1 amide bonds. The number of aromatic nitrogens is 3. The number of amides is 1. The molecular weight excluding hydrogens is 578 g/mol. The number of carboxylic acids is 1. The molecule has 0 saturated carbocycles. The van der Waals surface area contributed by atoms with Crippen LogP contribution in [0.5, 0.6) is 0 Å². The third-order valence-electron chi connectivity index (χ3n) is 5.77. The Balaban J connectivity index is 1.70. The molecule has 4 rings (SSSR count). The fraction of sp³-hybridized carbons (Fsp3) is 0.276.